The highest BCUT2D eigenvalue weighted by molar-refractivity contribution is 5.95. The maximum Gasteiger partial charge on any atom is 0.261 e. The molecule has 0 spiro atoms. The van der Waals surface area contributed by atoms with E-state index < -0.39 is 0 Å². The minimum atomic E-state index is -0.381. The molecule has 4 nitrogen and oxygen atoms in total. The number of aryl methyl sites for hydroxylation is 1. The fourth-order valence-corrected chi connectivity index (χ4v) is 1.84. The van der Waals surface area contributed by atoms with Crippen LogP contribution in [0.2, 0.25) is 0 Å². The molecule has 0 unspecified atom stereocenters. The molecule has 1 heterocycles. The van der Waals surface area contributed by atoms with Gasteiger partial charge in [0.2, 0.25) is 0 Å². The Kier molecular flexibility index (Phi) is 3.28. The zero-order valence-electron chi connectivity index (χ0n) is 10.3. The van der Waals surface area contributed by atoms with Gasteiger partial charge >= 0.3 is 0 Å². The minimum Gasteiger partial charge on any atom is -0.355 e. The summed E-state index contributed by atoms with van der Waals surface area (Å²) >= 11 is 0. The van der Waals surface area contributed by atoms with E-state index in [4.69, 9.17) is 0 Å². The van der Waals surface area contributed by atoms with Crippen molar-refractivity contribution in [2.45, 2.75) is 6.92 Å². The lowest BCUT2D eigenvalue weighted by atomic mass is 10.0. The van der Waals surface area contributed by atoms with Crippen molar-refractivity contribution in [2.75, 3.05) is 7.05 Å². The van der Waals surface area contributed by atoms with E-state index in [2.05, 4.69) is 10.3 Å². The number of benzene rings is 1. The first-order chi connectivity index (χ1) is 8.63. The van der Waals surface area contributed by atoms with Crippen molar-refractivity contribution >= 4 is 5.91 Å². The zero-order valence-corrected chi connectivity index (χ0v) is 10.3. The number of rotatable bonds is 2. The third-order valence-corrected chi connectivity index (χ3v) is 2.79. The highest BCUT2D eigenvalue weighted by atomic mass is 16.2. The third kappa shape index (κ3) is 2.18. The average Bonchev–Trinajstić information content (AvgIpc) is 2.39. The summed E-state index contributed by atoms with van der Waals surface area (Å²) in [6.07, 6.45) is 0. The number of pyridine rings is 1. The first-order valence-corrected chi connectivity index (χ1v) is 5.65. The second kappa shape index (κ2) is 4.87. The lowest BCUT2D eigenvalue weighted by molar-refractivity contribution is 0.0961. The predicted molar refractivity (Wildman–Crippen MR) is 70.6 cm³/mol. The first-order valence-electron chi connectivity index (χ1n) is 5.65. The molecular weight excluding hydrogens is 228 g/mol. The molecule has 2 N–H and O–H groups in total. The fraction of sp³-hybridized carbons (Fsp3) is 0.143. The van der Waals surface area contributed by atoms with Gasteiger partial charge in [0.25, 0.3) is 11.5 Å². The smallest absolute Gasteiger partial charge is 0.261 e. The Hall–Kier alpha value is -2.36. The second-order valence-corrected chi connectivity index (χ2v) is 4.00. The van der Waals surface area contributed by atoms with Crippen LogP contribution in [0.25, 0.3) is 11.1 Å². The van der Waals surface area contributed by atoms with Crippen molar-refractivity contribution in [2.24, 2.45) is 0 Å². The Bertz CT molecular complexity index is 630. The summed E-state index contributed by atoms with van der Waals surface area (Å²) in [4.78, 5) is 26.0. The SMILES string of the molecule is CNC(=O)c1cc(-c2ccccc2)c(C)[nH]c1=O. The summed E-state index contributed by atoms with van der Waals surface area (Å²) in [5.41, 5.74) is 2.33. The lowest BCUT2D eigenvalue weighted by Gasteiger charge is -2.08. The van der Waals surface area contributed by atoms with Crippen LogP contribution in [0.15, 0.2) is 41.2 Å². The van der Waals surface area contributed by atoms with Crippen LogP contribution in [0.3, 0.4) is 0 Å². The number of hydrogen-bond donors (Lipinski definition) is 2. The van der Waals surface area contributed by atoms with Crippen LogP contribution in [0.1, 0.15) is 16.1 Å². The number of hydrogen-bond acceptors (Lipinski definition) is 2. The molecule has 4 heteroatoms. The van der Waals surface area contributed by atoms with E-state index in [1.807, 2.05) is 37.3 Å². The van der Waals surface area contributed by atoms with Gasteiger partial charge in [-0.3, -0.25) is 9.59 Å². The monoisotopic (exact) mass is 242 g/mol. The van der Waals surface area contributed by atoms with E-state index in [0.717, 1.165) is 16.8 Å². The molecule has 1 aromatic heterocycles. The Labute approximate surface area is 105 Å². The Balaban J connectivity index is 2.63. The fourth-order valence-electron chi connectivity index (χ4n) is 1.84. The summed E-state index contributed by atoms with van der Waals surface area (Å²) in [6.45, 7) is 1.82. The second-order valence-electron chi connectivity index (χ2n) is 4.00. The number of carbonyl (C=O) groups is 1. The van der Waals surface area contributed by atoms with Gasteiger partial charge in [0.15, 0.2) is 0 Å². The lowest BCUT2D eigenvalue weighted by Crippen LogP contribution is -2.27. The number of aromatic amines is 1. The van der Waals surface area contributed by atoms with Crippen molar-refractivity contribution in [3.63, 3.8) is 0 Å². The van der Waals surface area contributed by atoms with E-state index in [1.54, 1.807) is 6.07 Å². The molecule has 0 radical (unpaired) electrons. The van der Waals surface area contributed by atoms with E-state index in [1.165, 1.54) is 7.05 Å². The molecule has 0 aliphatic rings. The van der Waals surface area contributed by atoms with Gasteiger partial charge in [0.05, 0.1) is 0 Å². The molecule has 0 aliphatic heterocycles. The highest BCUT2D eigenvalue weighted by Gasteiger charge is 2.12. The molecular formula is C14H14N2O2. The van der Waals surface area contributed by atoms with Crippen LogP contribution in [-0.4, -0.2) is 17.9 Å². The van der Waals surface area contributed by atoms with E-state index in [-0.39, 0.29) is 17.0 Å². The molecule has 0 atom stereocenters. The molecule has 2 aromatic rings. The van der Waals surface area contributed by atoms with Crippen LogP contribution < -0.4 is 10.9 Å². The topological polar surface area (TPSA) is 62.0 Å². The van der Waals surface area contributed by atoms with Crippen LogP contribution in [-0.2, 0) is 0 Å². The van der Waals surface area contributed by atoms with E-state index in [9.17, 15) is 9.59 Å². The Morgan fingerprint density at radius 2 is 1.89 bits per heavy atom. The minimum absolute atomic E-state index is 0.127. The molecule has 1 amide bonds. The van der Waals surface area contributed by atoms with Gasteiger partial charge in [-0.25, -0.2) is 0 Å². The van der Waals surface area contributed by atoms with Crippen molar-refractivity contribution in [3.8, 4) is 11.1 Å². The summed E-state index contributed by atoms with van der Waals surface area (Å²) in [5, 5.41) is 2.46. The molecule has 1 aromatic carbocycles. The largest absolute Gasteiger partial charge is 0.355 e. The van der Waals surface area contributed by atoms with Crippen LogP contribution >= 0.6 is 0 Å². The first kappa shape index (κ1) is 12.1. The highest BCUT2D eigenvalue weighted by Crippen LogP contribution is 2.21. The third-order valence-electron chi connectivity index (χ3n) is 2.79. The molecule has 0 bridgehead atoms. The van der Waals surface area contributed by atoms with Gasteiger partial charge in [0, 0.05) is 18.3 Å². The summed E-state index contributed by atoms with van der Waals surface area (Å²) in [7, 11) is 1.50. The molecule has 18 heavy (non-hydrogen) atoms. The number of amides is 1. The van der Waals surface area contributed by atoms with E-state index in [0.29, 0.717) is 0 Å². The number of carbonyl (C=O) groups excluding carboxylic acids is 1. The molecule has 0 saturated heterocycles. The Morgan fingerprint density at radius 3 is 2.50 bits per heavy atom. The van der Waals surface area contributed by atoms with Gasteiger partial charge < -0.3 is 10.3 Å². The van der Waals surface area contributed by atoms with Crippen molar-refractivity contribution in [3.05, 3.63) is 58.0 Å². The van der Waals surface area contributed by atoms with Gasteiger partial charge in [0.1, 0.15) is 5.56 Å². The van der Waals surface area contributed by atoms with Crippen LogP contribution in [0.5, 0.6) is 0 Å². The Morgan fingerprint density at radius 1 is 1.22 bits per heavy atom. The standard InChI is InChI=1S/C14H14N2O2/c1-9-11(10-6-4-3-5-7-10)8-12(13(17)15-2)14(18)16-9/h3-8H,1-2H3,(H,15,17)(H,16,18). The number of aromatic nitrogens is 1. The summed E-state index contributed by atoms with van der Waals surface area (Å²) in [5.74, 6) is -0.381. The van der Waals surface area contributed by atoms with Crippen molar-refractivity contribution in [1.29, 1.82) is 0 Å². The molecule has 0 fully saturated rings. The van der Waals surface area contributed by atoms with Crippen LogP contribution in [0, 0.1) is 6.92 Å². The summed E-state index contributed by atoms with van der Waals surface area (Å²) in [6, 6.07) is 11.3. The van der Waals surface area contributed by atoms with Gasteiger partial charge in [-0.2, -0.15) is 0 Å². The number of H-pyrrole nitrogens is 1. The molecule has 92 valence electrons. The molecule has 0 saturated carbocycles. The molecule has 2 rings (SSSR count). The van der Waals surface area contributed by atoms with Gasteiger partial charge in [-0.15, -0.1) is 0 Å². The van der Waals surface area contributed by atoms with Crippen LogP contribution in [0.4, 0.5) is 0 Å². The van der Waals surface area contributed by atoms with Gasteiger partial charge in [-0.05, 0) is 18.6 Å². The van der Waals surface area contributed by atoms with Crippen molar-refractivity contribution < 1.29 is 4.79 Å². The zero-order chi connectivity index (χ0) is 13.1. The maximum absolute atomic E-state index is 11.7. The van der Waals surface area contributed by atoms with E-state index >= 15 is 0 Å². The van der Waals surface area contributed by atoms with Crippen molar-refractivity contribution in [1.82, 2.24) is 10.3 Å². The predicted octanol–water partition coefficient (Wildman–Crippen LogP) is 1.71. The average molecular weight is 242 g/mol. The van der Waals surface area contributed by atoms with Gasteiger partial charge in [-0.1, -0.05) is 30.3 Å². The quantitative estimate of drug-likeness (QED) is 0.842. The summed E-state index contributed by atoms with van der Waals surface area (Å²) < 4.78 is 0. The maximum atomic E-state index is 11.7. The number of nitrogens with one attached hydrogen (secondary N) is 2. The molecule has 0 aliphatic carbocycles. The normalized spacial score (nSPS) is 10.1.